The van der Waals surface area contributed by atoms with Gasteiger partial charge in [0, 0.05) is 23.7 Å². The van der Waals surface area contributed by atoms with Crippen molar-refractivity contribution in [3.63, 3.8) is 0 Å². The number of thioether (sulfide) groups is 1. The van der Waals surface area contributed by atoms with Crippen molar-refractivity contribution in [1.82, 2.24) is 15.0 Å². The molecule has 302 valence electrons. The molecule has 4 aromatic carbocycles. The molecule has 0 spiro atoms. The normalized spacial score (nSPS) is 15.1. The minimum atomic E-state index is -4.96. The number of hydrazone groups is 1. The average Bonchev–Trinajstić information content (AvgIpc) is 3.20. The molecule has 0 amide bonds. The molecule has 1 unspecified atom stereocenters. The highest BCUT2D eigenvalue weighted by Crippen LogP contribution is 2.45. The van der Waals surface area contributed by atoms with Gasteiger partial charge in [-0.3, -0.25) is 19.1 Å². The lowest BCUT2D eigenvalue weighted by Gasteiger charge is -2.52. The van der Waals surface area contributed by atoms with E-state index in [2.05, 4.69) is 30.8 Å². The van der Waals surface area contributed by atoms with Gasteiger partial charge in [-0.1, -0.05) is 48.5 Å². The molecule has 19 nitrogen and oxygen atoms in total. The Balaban J connectivity index is 1.36. The number of carbonyl (C=O) groups excluding carboxylic acids is 1. The number of rotatable bonds is 14. The average molecular weight is 869 g/mol. The Bertz CT molecular complexity index is 2610. The van der Waals surface area contributed by atoms with Crippen LogP contribution in [0.15, 0.2) is 106 Å². The number of ether oxygens (including phenoxy) is 2. The van der Waals surface area contributed by atoms with Crippen LogP contribution in [0.1, 0.15) is 15.9 Å². The second kappa shape index (κ2) is 16.6. The summed E-state index contributed by atoms with van der Waals surface area (Å²) < 4.78 is 81.2. The van der Waals surface area contributed by atoms with Crippen molar-refractivity contribution >= 4 is 90.1 Å². The number of anilines is 6. The highest BCUT2D eigenvalue weighted by Gasteiger charge is 2.39. The van der Waals surface area contributed by atoms with Crippen molar-refractivity contribution in [3.05, 3.63) is 113 Å². The summed E-state index contributed by atoms with van der Waals surface area (Å²) >= 11 is 7.94. The van der Waals surface area contributed by atoms with Gasteiger partial charge in [-0.05, 0) is 65.5 Å². The third-order valence-corrected chi connectivity index (χ3v) is 11.2. The number of esters is 1. The first-order valence-electron chi connectivity index (χ1n) is 16.9. The molecule has 4 N–H and O–H groups in total. The highest BCUT2D eigenvalue weighted by molar-refractivity contribution is 7.99. The van der Waals surface area contributed by atoms with Gasteiger partial charge in [-0.15, -0.1) is 0 Å². The smallest absolute Gasteiger partial charge is 0.343 e. The van der Waals surface area contributed by atoms with Crippen molar-refractivity contribution in [2.75, 3.05) is 52.0 Å². The number of hydrogen-bond acceptors (Lipinski definition) is 17. The summed E-state index contributed by atoms with van der Waals surface area (Å²) in [7, 11) is -8.40. The molecule has 5 aromatic rings. The van der Waals surface area contributed by atoms with Gasteiger partial charge in [0.25, 0.3) is 26.6 Å². The molecule has 0 fully saturated rings. The number of amidine groups is 1. The monoisotopic (exact) mass is 868 g/mol. The van der Waals surface area contributed by atoms with Crippen LogP contribution in [-0.2, 0) is 25.0 Å². The predicted molar refractivity (Wildman–Crippen MR) is 216 cm³/mol. The number of aliphatic hydroxyl groups is 1. The Hall–Kier alpha value is -5.75. The molecule has 58 heavy (non-hydrogen) atoms. The zero-order valence-corrected chi connectivity index (χ0v) is 33.2. The van der Waals surface area contributed by atoms with E-state index in [-0.39, 0.29) is 58.0 Å². The molecule has 3 heterocycles. The van der Waals surface area contributed by atoms with E-state index in [1.54, 1.807) is 35.2 Å². The summed E-state index contributed by atoms with van der Waals surface area (Å²) in [6.07, 6.45) is -1.58. The van der Waals surface area contributed by atoms with E-state index in [4.69, 9.17) is 21.1 Å². The molecule has 0 radical (unpaired) electrons. The van der Waals surface area contributed by atoms with E-state index in [0.29, 0.717) is 23.6 Å². The fraction of sp³-hybridized carbons (Fsp3) is 0.171. The fourth-order valence-corrected chi connectivity index (χ4v) is 7.73. The molecule has 1 aromatic heterocycles. The van der Waals surface area contributed by atoms with Crippen molar-refractivity contribution in [1.29, 1.82) is 0 Å². The van der Waals surface area contributed by atoms with E-state index >= 15 is 0 Å². The number of nitrogens with zero attached hydrogens (tertiary/aromatic N) is 8. The molecule has 2 aliphatic rings. The van der Waals surface area contributed by atoms with Crippen LogP contribution in [0, 0.1) is 0 Å². The maximum absolute atomic E-state index is 13.5. The standard InChI is InChI=1S/C35H31ClN9O10S3/c1-54-29-26(37-33-38-32(36)39-34(40-33)43(14-16-56-17-15-46)22-10-6-3-7-11-22)19-24(58(51,52)53)20-28(29)45-35-44(41-30(42-45)21-8-4-2-5-9-21)27-13-12-23(57(48,49)50)18-25(27)31(47)55-35/h2-13,18-20,35,46H,14-17H2,1H3,(H3-,37,38,39,40,41,42,48,49,50,51,52,53)/q-1. The molecular weight excluding hydrogens is 838 g/mol. The number of fused-ring (bicyclic) bond motifs is 3. The minimum absolute atomic E-state index is 0.00553. The number of halogens is 1. The number of para-hydroxylation sites is 1. The first kappa shape index (κ1) is 40.4. The van der Waals surface area contributed by atoms with E-state index in [1.807, 2.05) is 30.3 Å². The lowest BCUT2D eigenvalue weighted by molar-refractivity contribution is 0.0260. The molecule has 1 atom stereocenters. The summed E-state index contributed by atoms with van der Waals surface area (Å²) in [5.74, 6) is -0.0502. The molecule has 2 aliphatic heterocycles. The van der Waals surface area contributed by atoms with Crippen LogP contribution in [0.4, 0.5) is 34.6 Å². The summed E-state index contributed by atoms with van der Waals surface area (Å²) in [6.45, 7) is 0.407. The van der Waals surface area contributed by atoms with Crippen LogP contribution >= 0.6 is 23.4 Å². The van der Waals surface area contributed by atoms with Crippen molar-refractivity contribution in [3.8, 4) is 5.75 Å². The Morgan fingerprint density at radius 2 is 1.62 bits per heavy atom. The molecule has 7 rings (SSSR count). The van der Waals surface area contributed by atoms with Crippen molar-refractivity contribution in [2.45, 2.75) is 16.1 Å². The number of methoxy groups -OCH3 is 1. The van der Waals surface area contributed by atoms with Gasteiger partial charge in [0.05, 0.1) is 46.1 Å². The predicted octanol–water partition coefficient (Wildman–Crippen LogP) is 5.07. The van der Waals surface area contributed by atoms with Crippen molar-refractivity contribution in [2.24, 2.45) is 5.10 Å². The maximum atomic E-state index is 13.5. The Morgan fingerprint density at radius 1 is 0.914 bits per heavy atom. The van der Waals surface area contributed by atoms with Crippen LogP contribution in [0.2, 0.25) is 5.28 Å². The third kappa shape index (κ3) is 8.57. The van der Waals surface area contributed by atoms with Crippen LogP contribution in [-0.4, -0.2) is 95.9 Å². The van der Waals surface area contributed by atoms with Gasteiger partial charge in [0.1, 0.15) is 0 Å². The fourth-order valence-electron chi connectivity index (χ4n) is 5.90. The SMILES string of the molecule is COc1c(Nc2nc(Cl)nc(N(CCSCCO)c3ccccc3)n2)cc(S(=O)(=O)O)cc1N1N=C(c2ccccc2)[N-]N2c3ccc(S(=O)(=O)O)cc3C(=O)OC12. The summed E-state index contributed by atoms with van der Waals surface area (Å²) in [5, 5.41) is 18.9. The highest BCUT2D eigenvalue weighted by atomic mass is 35.5. The molecule has 0 bridgehead atoms. The Labute approximate surface area is 340 Å². The number of aromatic nitrogens is 3. The number of benzene rings is 4. The van der Waals surface area contributed by atoms with Gasteiger partial charge in [0.2, 0.25) is 17.2 Å². The quantitative estimate of drug-likeness (QED) is 0.0646. The van der Waals surface area contributed by atoms with Gasteiger partial charge in [-0.2, -0.15) is 43.5 Å². The number of nitrogens with one attached hydrogen (secondary N) is 1. The second-order valence-electron chi connectivity index (χ2n) is 12.1. The zero-order chi connectivity index (χ0) is 41.2. The number of hydrogen-bond donors (Lipinski definition) is 4. The Morgan fingerprint density at radius 3 is 2.29 bits per heavy atom. The van der Waals surface area contributed by atoms with Gasteiger partial charge in [0.15, 0.2) is 5.75 Å². The third-order valence-electron chi connectivity index (χ3n) is 8.44. The van der Waals surface area contributed by atoms with Crippen LogP contribution in [0.3, 0.4) is 0 Å². The van der Waals surface area contributed by atoms with E-state index in [9.17, 15) is 35.8 Å². The van der Waals surface area contributed by atoms with Gasteiger partial charge in [-0.25, -0.2) is 4.79 Å². The second-order valence-corrected chi connectivity index (χ2v) is 16.5. The number of aliphatic hydroxyl groups excluding tert-OH is 1. The van der Waals surface area contributed by atoms with Gasteiger partial charge >= 0.3 is 5.97 Å². The van der Waals surface area contributed by atoms with E-state index < -0.39 is 42.3 Å². The van der Waals surface area contributed by atoms with Crippen LogP contribution in [0.5, 0.6) is 5.75 Å². The zero-order valence-electron chi connectivity index (χ0n) is 29.9. The topological polar surface area (TPSA) is 251 Å². The molecule has 0 saturated heterocycles. The summed E-state index contributed by atoms with van der Waals surface area (Å²) in [6, 6.07) is 23.1. The molecule has 23 heteroatoms. The van der Waals surface area contributed by atoms with E-state index in [1.165, 1.54) is 29.9 Å². The minimum Gasteiger partial charge on any atom is -0.492 e. The van der Waals surface area contributed by atoms with E-state index in [0.717, 1.165) is 35.0 Å². The van der Waals surface area contributed by atoms with Crippen LogP contribution < -0.4 is 25.0 Å². The largest absolute Gasteiger partial charge is 0.492 e. The first-order chi connectivity index (χ1) is 27.7. The summed E-state index contributed by atoms with van der Waals surface area (Å²) in [4.78, 5) is 27.2. The van der Waals surface area contributed by atoms with Gasteiger partial charge < -0.3 is 35.3 Å². The molecular formula is C35H31ClN9O10S3-. The maximum Gasteiger partial charge on any atom is 0.343 e. The van der Waals surface area contributed by atoms with Crippen molar-refractivity contribution < 1.29 is 45.3 Å². The van der Waals surface area contributed by atoms with Crippen LogP contribution in [0.25, 0.3) is 5.43 Å². The molecule has 0 saturated carbocycles. The lowest BCUT2D eigenvalue weighted by atomic mass is 10.1. The summed E-state index contributed by atoms with van der Waals surface area (Å²) in [5.41, 5.74) is 5.29. The number of carbonyl (C=O) groups is 1. The molecule has 0 aliphatic carbocycles. The lowest BCUT2D eigenvalue weighted by Crippen LogP contribution is -2.54. The Kier molecular flexibility index (Phi) is 11.6. The first-order valence-corrected chi connectivity index (χ1v) is 21.3.